The SMILES string of the molecule is O=C(/C=C/c1cc(F)cc2c1OCOC2)OCc1ccccc1OC(F)F. The lowest BCUT2D eigenvalue weighted by Crippen LogP contribution is -2.12. The Bertz CT molecular complexity index is 851. The second kappa shape index (κ2) is 8.59. The molecule has 0 aliphatic carbocycles. The van der Waals surface area contributed by atoms with Crippen LogP contribution < -0.4 is 9.47 Å². The van der Waals surface area contributed by atoms with Crippen LogP contribution in [0.4, 0.5) is 13.2 Å². The van der Waals surface area contributed by atoms with Crippen molar-refractivity contribution in [2.75, 3.05) is 6.79 Å². The minimum absolute atomic E-state index is 0.0326. The number of ether oxygens (including phenoxy) is 4. The highest BCUT2D eigenvalue weighted by Crippen LogP contribution is 2.30. The third-order valence-electron chi connectivity index (χ3n) is 3.66. The standard InChI is InChI=1S/C19H15F3O5/c20-15-7-12(18-14(8-15)9-24-11-26-18)5-6-17(23)25-10-13-3-1-2-4-16(13)27-19(21)22/h1-8,19H,9-11H2/b6-5+. The summed E-state index contributed by atoms with van der Waals surface area (Å²) in [5.74, 6) is -0.861. The quantitative estimate of drug-likeness (QED) is 0.559. The van der Waals surface area contributed by atoms with E-state index in [1.54, 1.807) is 6.07 Å². The Morgan fingerprint density at radius 3 is 2.89 bits per heavy atom. The van der Waals surface area contributed by atoms with Crippen LogP contribution in [0.1, 0.15) is 16.7 Å². The zero-order valence-electron chi connectivity index (χ0n) is 14.0. The van der Waals surface area contributed by atoms with Crippen LogP contribution in [0.5, 0.6) is 11.5 Å². The van der Waals surface area contributed by atoms with Crippen molar-refractivity contribution in [2.24, 2.45) is 0 Å². The van der Waals surface area contributed by atoms with Crippen LogP contribution in [0.25, 0.3) is 6.08 Å². The van der Waals surface area contributed by atoms with Crippen LogP contribution in [0, 0.1) is 5.82 Å². The Kier molecular flexibility index (Phi) is 5.97. The molecular weight excluding hydrogens is 365 g/mol. The van der Waals surface area contributed by atoms with E-state index in [2.05, 4.69) is 4.74 Å². The van der Waals surface area contributed by atoms with E-state index in [1.165, 1.54) is 36.4 Å². The molecule has 2 aromatic carbocycles. The van der Waals surface area contributed by atoms with Gasteiger partial charge in [0.1, 0.15) is 23.9 Å². The topological polar surface area (TPSA) is 54.0 Å². The lowest BCUT2D eigenvalue weighted by molar-refractivity contribution is -0.139. The second-order valence-corrected chi connectivity index (χ2v) is 5.52. The molecule has 0 unspecified atom stereocenters. The molecule has 8 heteroatoms. The van der Waals surface area contributed by atoms with Gasteiger partial charge in [-0.25, -0.2) is 9.18 Å². The van der Waals surface area contributed by atoms with E-state index < -0.39 is 18.4 Å². The summed E-state index contributed by atoms with van der Waals surface area (Å²) in [6.07, 6.45) is 2.46. The number of carbonyl (C=O) groups is 1. The van der Waals surface area contributed by atoms with Crippen LogP contribution in [0.15, 0.2) is 42.5 Å². The average Bonchev–Trinajstić information content (AvgIpc) is 2.64. The lowest BCUT2D eigenvalue weighted by atomic mass is 10.1. The van der Waals surface area contributed by atoms with Crippen LogP contribution in [-0.4, -0.2) is 19.4 Å². The van der Waals surface area contributed by atoms with Crippen molar-refractivity contribution in [1.82, 2.24) is 0 Å². The maximum atomic E-state index is 13.7. The van der Waals surface area contributed by atoms with E-state index in [1.807, 2.05) is 0 Å². The molecule has 0 aromatic heterocycles. The van der Waals surface area contributed by atoms with Gasteiger partial charge in [0.25, 0.3) is 0 Å². The van der Waals surface area contributed by atoms with Gasteiger partial charge >= 0.3 is 12.6 Å². The Labute approximate surface area is 152 Å². The molecule has 0 spiro atoms. The van der Waals surface area contributed by atoms with Crippen molar-refractivity contribution in [3.63, 3.8) is 0 Å². The highest BCUT2D eigenvalue weighted by molar-refractivity contribution is 5.87. The summed E-state index contributed by atoms with van der Waals surface area (Å²) in [5.41, 5.74) is 1.20. The number of halogens is 3. The van der Waals surface area contributed by atoms with E-state index in [0.717, 1.165) is 6.08 Å². The molecule has 1 aliphatic heterocycles. The molecule has 0 bridgehead atoms. The number of alkyl halides is 2. The first-order valence-electron chi connectivity index (χ1n) is 7.93. The number of fused-ring (bicyclic) bond motifs is 1. The minimum Gasteiger partial charge on any atom is -0.467 e. The molecule has 1 heterocycles. The van der Waals surface area contributed by atoms with Crippen molar-refractivity contribution in [3.8, 4) is 11.5 Å². The Morgan fingerprint density at radius 1 is 1.26 bits per heavy atom. The number of para-hydroxylation sites is 1. The number of carbonyl (C=O) groups excluding carboxylic acids is 1. The van der Waals surface area contributed by atoms with E-state index in [9.17, 15) is 18.0 Å². The molecule has 0 amide bonds. The number of hydrogen-bond acceptors (Lipinski definition) is 5. The molecule has 0 N–H and O–H groups in total. The van der Waals surface area contributed by atoms with Gasteiger partial charge in [0.2, 0.25) is 0 Å². The summed E-state index contributed by atoms with van der Waals surface area (Å²) in [6, 6.07) is 8.51. The molecule has 0 saturated carbocycles. The van der Waals surface area contributed by atoms with Crippen molar-refractivity contribution < 1.29 is 36.9 Å². The zero-order chi connectivity index (χ0) is 19.2. The maximum Gasteiger partial charge on any atom is 0.387 e. The molecule has 27 heavy (non-hydrogen) atoms. The van der Waals surface area contributed by atoms with E-state index >= 15 is 0 Å². The second-order valence-electron chi connectivity index (χ2n) is 5.52. The summed E-state index contributed by atoms with van der Waals surface area (Å²) >= 11 is 0. The summed E-state index contributed by atoms with van der Waals surface area (Å²) < 4.78 is 58.3. The number of rotatable bonds is 6. The van der Waals surface area contributed by atoms with Crippen LogP contribution in [0.3, 0.4) is 0 Å². The van der Waals surface area contributed by atoms with Gasteiger partial charge in [0.05, 0.1) is 6.61 Å². The fourth-order valence-corrected chi connectivity index (χ4v) is 2.52. The van der Waals surface area contributed by atoms with Gasteiger partial charge in [-0.05, 0) is 24.3 Å². The minimum atomic E-state index is -2.98. The summed E-state index contributed by atoms with van der Waals surface area (Å²) in [7, 11) is 0. The van der Waals surface area contributed by atoms with E-state index in [0.29, 0.717) is 22.4 Å². The van der Waals surface area contributed by atoms with Gasteiger partial charge in [-0.1, -0.05) is 18.2 Å². The number of esters is 1. The van der Waals surface area contributed by atoms with E-state index in [4.69, 9.17) is 14.2 Å². The van der Waals surface area contributed by atoms with Crippen molar-refractivity contribution in [3.05, 3.63) is 65.0 Å². The third-order valence-corrected chi connectivity index (χ3v) is 3.66. The molecule has 2 aromatic rings. The van der Waals surface area contributed by atoms with Crippen LogP contribution >= 0.6 is 0 Å². The van der Waals surface area contributed by atoms with Crippen molar-refractivity contribution in [2.45, 2.75) is 19.8 Å². The third kappa shape index (κ3) is 5.01. The van der Waals surface area contributed by atoms with Gasteiger partial charge < -0.3 is 18.9 Å². The first-order chi connectivity index (χ1) is 13.0. The lowest BCUT2D eigenvalue weighted by Gasteiger charge is -2.19. The van der Waals surface area contributed by atoms with Crippen molar-refractivity contribution in [1.29, 1.82) is 0 Å². The Balaban J connectivity index is 1.66. The Hall–Kier alpha value is -3.00. The molecule has 0 saturated heterocycles. The monoisotopic (exact) mass is 380 g/mol. The number of benzene rings is 2. The van der Waals surface area contributed by atoms with Crippen LogP contribution in [0.2, 0.25) is 0 Å². The highest BCUT2D eigenvalue weighted by Gasteiger charge is 2.16. The molecule has 0 atom stereocenters. The molecule has 1 aliphatic rings. The zero-order valence-corrected chi connectivity index (χ0v) is 14.0. The van der Waals surface area contributed by atoms with Crippen molar-refractivity contribution >= 4 is 12.0 Å². The first kappa shape index (κ1) is 18.8. The molecule has 0 radical (unpaired) electrons. The summed E-state index contributed by atoms with van der Waals surface area (Å²) in [4.78, 5) is 11.9. The first-order valence-corrected chi connectivity index (χ1v) is 7.93. The number of hydrogen-bond donors (Lipinski definition) is 0. The van der Waals surface area contributed by atoms with Gasteiger partial charge in [-0.15, -0.1) is 0 Å². The fourth-order valence-electron chi connectivity index (χ4n) is 2.52. The Morgan fingerprint density at radius 2 is 2.07 bits per heavy atom. The predicted molar refractivity (Wildman–Crippen MR) is 88.6 cm³/mol. The van der Waals surface area contributed by atoms with E-state index in [-0.39, 0.29) is 25.8 Å². The maximum absolute atomic E-state index is 13.7. The highest BCUT2D eigenvalue weighted by atomic mass is 19.3. The van der Waals surface area contributed by atoms with Gasteiger partial charge in [-0.2, -0.15) is 8.78 Å². The summed E-state index contributed by atoms with van der Waals surface area (Å²) in [6.45, 7) is -2.99. The molecule has 0 fully saturated rings. The fraction of sp³-hybridized carbons (Fsp3) is 0.211. The smallest absolute Gasteiger partial charge is 0.387 e. The van der Waals surface area contributed by atoms with Crippen LogP contribution in [-0.2, 0) is 27.5 Å². The molecule has 5 nitrogen and oxygen atoms in total. The molecule has 142 valence electrons. The normalized spacial score (nSPS) is 13.3. The summed E-state index contributed by atoms with van der Waals surface area (Å²) in [5, 5.41) is 0. The van der Waals surface area contributed by atoms with Gasteiger partial charge in [0.15, 0.2) is 6.79 Å². The van der Waals surface area contributed by atoms with Gasteiger partial charge in [0, 0.05) is 22.8 Å². The van der Waals surface area contributed by atoms with Gasteiger partial charge in [-0.3, -0.25) is 0 Å². The molecular formula is C19H15F3O5. The molecule has 3 rings (SSSR count). The predicted octanol–water partition coefficient (Wildman–Crippen LogP) is 4.05. The largest absolute Gasteiger partial charge is 0.467 e. The average molecular weight is 380 g/mol.